The van der Waals surface area contributed by atoms with E-state index < -0.39 is 0 Å². The molecule has 0 saturated heterocycles. The number of thioether (sulfide) groups is 2. The third-order valence-corrected chi connectivity index (χ3v) is 6.86. The second-order valence-electron chi connectivity index (χ2n) is 6.98. The standard InChI is InChI=1S/C20H23N5OS2/c1-12-9-10-24(16-7-5-6-8-17(16)28-12)18(26)11-15-13(2)21-19-22-20(27-4)23-25(19)14(15)3/h5-8,12H,9-11H2,1-4H3. The third kappa shape index (κ3) is 3.51. The Balaban J connectivity index is 1.69. The molecule has 1 amide bonds. The van der Waals surface area contributed by atoms with E-state index in [1.807, 2.05) is 55.0 Å². The van der Waals surface area contributed by atoms with Crippen LogP contribution < -0.4 is 4.90 Å². The lowest BCUT2D eigenvalue weighted by Crippen LogP contribution is -2.34. The number of para-hydroxylation sites is 1. The lowest BCUT2D eigenvalue weighted by molar-refractivity contribution is -0.118. The van der Waals surface area contributed by atoms with Gasteiger partial charge in [-0.15, -0.1) is 16.9 Å². The topological polar surface area (TPSA) is 63.4 Å². The van der Waals surface area contributed by atoms with Gasteiger partial charge in [0.25, 0.3) is 5.78 Å². The first-order valence-electron chi connectivity index (χ1n) is 9.31. The maximum Gasteiger partial charge on any atom is 0.253 e. The van der Waals surface area contributed by atoms with Crippen molar-refractivity contribution >= 4 is 40.9 Å². The molecule has 1 atom stereocenters. The van der Waals surface area contributed by atoms with Crippen molar-refractivity contribution < 1.29 is 4.79 Å². The molecule has 0 spiro atoms. The molecule has 4 rings (SSSR count). The number of rotatable bonds is 3. The molecule has 1 aliphatic rings. The van der Waals surface area contributed by atoms with E-state index >= 15 is 0 Å². The molecule has 2 aromatic heterocycles. The highest BCUT2D eigenvalue weighted by atomic mass is 32.2. The highest BCUT2D eigenvalue weighted by molar-refractivity contribution is 8.00. The van der Waals surface area contributed by atoms with Gasteiger partial charge >= 0.3 is 0 Å². The summed E-state index contributed by atoms with van der Waals surface area (Å²) in [6.07, 6.45) is 3.22. The SMILES string of the molecule is CSc1nc2nc(C)c(CC(=O)N3CCC(C)Sc4ccccc43)c(C)n2n1. The molecule has 0 aliphatic carbocycles. The van der Waals surface area contributed by atoms with E-state index in [2.05, 4.69) is 28.1 Å². The van der Waals surface area contributed by atoms with Gasteiger partial charge in [0.2, 0.25) is 11.1 Å². The minimum atomic E-state index is 0.0969. The summed E-state index contributed by atoms with van der Waals surface area (Å²) in [6.45, 7) is 6.88. The number of aryl methyl sites for hydroxylation is 2. The molecule has 3 heterocycles. The van der Waals surface area contributed by atoms with Crippen LogP contribution in [0.25, 0.3) is 5.78 Å². The Morgan fingerprint density at radius 1 is 1.29 bits per heavy atom. The summed E-state index contributed by atoms with van der Waals surface area (Å²) >= 11 is 3.33. The molecular formula is C20H23N5OS2. The second kappa shape index (κ2) is 7.75. The molecule has 1 aromatic carbocycles. The van der Waals surface area contributed by atoms with E-state index in [0.29, 0.717) is 22.6 Å². The Hall–Kier alpha value is -2.06. The van der Waals surface area contributed by atoms with Crippen molar-refractivity contribution in [2.24, 2.45) is 0 Å². The fourth-order valence-corrected chi connectivity index (χ4v) is 4.97. The molecule has 0 saturated carbocycles. The molecule has 0 radical (unpaired) electrons. The zero-order valence-electron chi connectivity index (χ0n) is 16.5. The molecule has 28 heavy (non-hydrogen) atoms. The van der Waals surface area contributed by atoms with Gasteiger partial charge in [0.1, 0.15) is 0 Å². The quantitative estimate of drug-likeness (QED) is 0.607. The molecule has 6 nitrogen and oxygen atoms in total. The number of benzene rings is 1. The Morgan fingerprint density at radius 2 is 2.07 bits per heavy atom. The van der Waals surface area contributed by atoms with Crippen LogP contribution in [0.5, 0.6) is 0 Å². The zero-order valence-corrected chi connectivity index (χ0v) is 18.1. The van der Waals surface area contributed by atoms with E-state index in [9.17, 15) is 4.79 Å². The number of nitrogens with zero attached hydrogens (tertiary/aromatic N) is 5. The van der Waals surface area contributed by atoms with E-state index in [1.165, 1.54) is 16.7 Å². The van der Waals surface area contributed by atoms with Crippen LogP contribution in [0.3, 0.4) is 0 Å². The van der Waals surface area contributed by atoms with Crippen LogP contribution in [0.4, 0.5) is 5.69 Å². The lowest BCUT2D eigenvalue weighted by Gasteiger charge is -2.23. The largest absolute Gasteiger partial charge is 0.311 e. The first-order valence-corrected chi connectivity index (χ1v) is 11.4. The second-order valence-corrected chi connectivity index (χ2v) is 9.23. The van der Waals surface area contributed by atoms with Crippen molar-refractivity contribution in [1.29, 1.82) is 0 Å². The number of anilines is 1. The van der Waals surface area contributed by atoms with Crippen LogP contribution in [-0.4, -0.2) is 43.5 Å². The Morgan fingerprint density at radius 3 is 2.86 bits per heavy atom. The summed E-state index contributed by atoms with van der Waals surface area (Å²) < 4.78 is 1.75. The van der Waals surface area contributed by atoms with Gasteiger partial charge in [0.15, 0.2) is 0 Å². The summed E-state index contributed by atoms with van der Waals surface area (Å²) in [5.74, 6) is 0.681. The van der Waals surface area contributed by atoms with Crippen LogP contribution in [-0.2, 0) is 11.2 Å². The summed E-state index contributed by atoms with van der Waals surface area (Å²) in [5, 5.41) is 5.66. The molecule has 3 aromatic rings. The van der Waals surface area contributed by atoms with E-state index in [4.69, 9.17) is 0 Å². The van der Waals surface area contributed by atoms with Crippen molar-refractivity contribution in [3.8, 4) is 0 Å². The Labute approximate surface area is 173 Å². The first-order chi connectivity index (χ1) is 13.5. The average Bonchev–Trinajstić information content (AvgIpc) is 3.01. The lowest BCUT2D eigenvalue weighted by atomic mass is 10.1. The normalized spacial score (nSPS) is 16.9. The van der Waals surface area contributed by atoms with E-state index in [-0.39, 0.29) is 5.91 Å². The fraction of sp³-hybridized carbons (Fsp3) is 0.400. The van der Waals surface area contributed by atoms with Gasteiger partial charge < -0.3 is 4.90 Å². The van der Waals surface area contributed by atoms with Gasteiger partial charge in [0, 0.05) is 33.6 Å². The molecule has 1 unspecified atom stereocenters. The Bertz CT molecular complexity index is 1050. The average molecular weight is 414 g/mol. The third-order valence-electron chi connectivity index (χ3n) is 5.08. The molecule has 1 aliphatic heterocycles. The molecule has 0 bridgehead atoms. The predicted octanol–water partition coefficient (Wildman–Crippen LogP) is 3.92. The summed E-state index contributed by atoms with van der Waals surface area (Å²) in [5.41, 5.74) is 3.70. The molecule has 0 fully saturated rings. The van der Waals surface area contributed by atoms with Crippen LogP contribution >= 0.6 is 23.5 Å². The number of hydrogen-bond donors (Lipinski definition) is 0. The maximum absolute atomic E-state index is 13.3. The molecule has 0 N–H and O–H groups in total. The number of hydrogen-bond acceptors (Lipinski definition) is 6. The molecule has 8 heteroatoms. The Kier molecular flexibility index (Phi) is 5.33. The smallest absolute Gasteiger partial charge is 0.253 e. The van der Waals surface area contributed by atoms with Gasteiger partial charge in [-0.2, -0.15) is 4.98 Å². The highest BCUT2D eigenvalue weighted by Crippen LogP contribution is 2.37. The minimum absolute atomic E-state index is 0.0969. The van der Waals surface area contributed by atoms with Gasteiger partial charge in [0.05, 0.1) is 12.1 Å². The van der Waals surface area contributed by atoms with Gasteiger partial charge in [-0.1, -0.05) is 30.8 Å². The summed E-state index contributed by atoms with van der Waals surface area (Å²) in [4.78, 5) is 25.4. The fourth-order valence-electron chi connectivity index (χ4n) is 3.52. The zero-order chi connectivity index (χ0) is 19.8. The predicted molar refractivity (Wildman–Crippen MR) is 114 cm³/mol. The number of amides is 1. The van der Waals surface area contributed by atoms with Gasteiger partial charge in [-0.3, -0.25) is 4.79 Å². The maximum atomic E-state index is 13.3. The summed E-state index contributed by atoms with van der Waals surface area (Å²) in [7, 11) is 0. The summed E-state index contributed by atoms with van der Waals surface area (Å²) in [6, 6.07) is 8.18. The van der Waals surface area contributed by atoms with Crippen molar-refractivity contribution in [3.05, 3.63) is 41.2 Å². The van der Waals surface area contributed by atoms with E-state index in [0.717, 1.165) is 35.6 Å². The van der Waals surface area contributed by atoms with Crippen LogP contribution in [0, 0.1) is 13.8 Å². The monoisotopic (exact) mass is 413 g/mol. The highest BCUT2D eigenvalue weighted by Gasteiger charge is 2.25. The van der Waals surface area contributed by atoms with Crippen molar-refractivity contribution in [3.63, 3.8) is 0 Å². The van der Waals surface area contributed by atoms with Crippen molar-refractivity contribution in [1.82, 2.24) is 19.6 Å². The van der Waals surface area contributed by atoms with Crippen molar-refractivity contribution in [2.75, 3.05) is 17.7 Å². The van der Waals surface area contributed by atoms with Crippen LogP contribution in [0.2, 0.25) is 0 Å². The minimum Gasteiger partial charge on any atom is -0.311 e. The molecular weight excluding hydrogens is 390 g/mol. The van der Waals surface area contributed by atoms with Gasteiger partial charge in [-0.05, 0) is 38.7 Å². The van der Waals surface area contributed by atoms with Crippen molar-refractivity contribution in [2.45, 2.75) is 48.9 Å². The van der Waals surface area contributed by atoms with Gasteiger partial charge in [-0.25, -0.2) is 9.50 Å². The first kappa shape index (κ1) is 19.3. The number of fused-ring (bicyclic) bond motifs is 2. The number of aromatic nitrogens is 4. The van der Waals surface area contributed by atoms with Crippen LogP contribution in [0.15, 0.2) is 34.3 Å². The number of carbonyl (C=O) groups excluding carboxylic acids is 1. The van der Waals surface area contributed by atoms with Crippen LogP contribution in [0.1, 0.15) is 30.3 Å². The van der Waals surface area contributed by atoms with E-state index in [1.54, 1.807) is 4.52 Å². The molecule has 146 valence electrons. The number of carbonyl (C=O) groups is 1.